The van der Waals surface area contributed by atoms with E-state index in [0.29, 0.717) is 20.2 Å². The number of rotatable bonds is 6. The minimum absolute atomic E-state index is 0.139. The highest BCUT2D eigenvalue weighted by Crippen LogP contribution is 2.27. The molecule has 0 saturated carbocycles. The van der Waals surface area contributed by atoms with Gasteiger partial charge in [-0.2, -0.15) is 0 Å². The summed E-state index contributed by atoms with van der Waals surface area (Å²) in [4.78, 5) is 12.4. The highest BCUT2D eigenvalue weighted by Gasteiger charge is 2.15. The average molecular weight is 456 g/mol. The second-order valence-electron chi connectivity index (χ2n) is 6.16. The summed E-state index contributed by atoms with van der Waals surface area (Å²) in [7, 11) is 0. The second-order valence-corrected chi connectivity index (χ2v) is 8.35. The van der Waals surface area contributed by atoms with Crippen molar-refractivity contribution < 1.29 is 4.79 Å². The lowest BCUT2D eigenvalue weighted by Gasteiger charge is -2.16. The first kappa shape index (κ1) is 21.0. The van der Waals surface area contributed by atoms with E-state index < -0.39 is 0 Å². The molecule has 0 aliphatic rings. The van der Waals surface area contributed by atoms with Crippen LogP contribution in [0.5, 0.6) is 0 Å². The zero-order chi connectivity index (χ0) is 20.3. The summed E-state index contributed by atoms with van der Waals surface area (Å²) in [5.41, 5.74) is 2.63. The Labute approximate surface area is 182 Å². The third-order valence-electron chi connectivity index (χ3n) is 4.09. The zero-order valence-corrected chi connectivity index (χ0v) is 18.2. The smallest absolute Gasteiger partial charge is 0.230 e. The van der Waals surface area contributed by atoms with Crippen LogP contribution in [-0.2, 0) is 4.79 Å². The number of nitrogens with one attached hydrogen (secondary N) is 1. The molecule has 2 aromatic carbocycles. The monoisotopic (exact) mass is 454 g/mol. The largest absolute Gasteiger partial charge is 0.349 e. The summed E-state index contributed by atoms with van der Waals surface area (Å²) >= 11 is 19.6. The van der Waals surface area contributed by atoms with Crippen LogP contribution in [0.1, 0.15) is 24.1 Å². The number of carbonyl (C=O) groups is 1. The molecule has 3 aromatic rings. The van der Waals surface area contributed by atoms with Gasteiger partial charge in [0.25, 0.3) is 0 Å². The summed E-state index contributed by atoms with van der Waals surface area (Å²) in [6.07, 6.45) is 1.59. The third kappa shape index (κ3) is 5.00. The van der Waals surface area contributed by atoms with Crippen LogP contribution in [0.3, 0.4) is 0 Å². The van der Waals surface area contributed by atoms with Crippen LogP contribution >= 0.6 is 46.6 Å². The molecule has 0 spiro atoms. The van der Waals surface area contributed by atoms with Crippen molar-refractivity contribution in [3.05, 3.63) is 68.9 Å². The molecule has 0 fully saturated rings. The molecule has 0 aliphatic heterocycles. The van der Waals surface area contributed by atoms with Crippen molar-refractivity contribution in [2.45, 2.75) is 25.0 Å². The molecule has 3 rings (SSSR count). The SMILES string of the molecule is Cc1ccc(-n2cnnc2SCC(=O)N[C@H](C)c2ccc(Cl)cc2Cl)cc1Cl. The predicted octanol–water partition coefficient (Wildman–Crippen LogP) is 5.51. The van der Waals surface area contributed by atoms with Gasteiger partial charge in [-0.05, 0) is 49.2 Å². The Morgan fingerprint density at radius 2 is 1.96 bits per heavy atom. The van der Waals surface area contributed by atoms with Crippen LogP contribution < -0.4 is 5.32 Å². The Balaban J connectivity index is 1.64. The molecule has 0 unspecified atom stereocenters. The van der Waals surface area contributed by atoms with E-state index in [-0.39, 0.29) is 17.7 Å². The van der Waals surface area contributed by atoms with E-state index >= 15 is 0 Å². The molecule has 1 N–H and O–H groups in total. The fourth-order valence-electron chi connectivity index (χ4n) is 2.58. The molecule has 0 bridgehead atoms. The van der Waals surface area contributed by atoms with Crippen LogP contribution in [0.4, 0.5) is 0 Å². The van der Waals surface area contributed by atoms with Crippen LogP contribution in [0.2, 0.25) is 15.1 Å². The third-order valence-corrected chi connectivity index (χ3v) is 6.00. The summed E-state index contributed by atoms with van der Waals surface area (Å²) in [6.45, 7) is 3.81. The fourth-order valence-corrected chi connectivity index (χ4v) is 4.06. The number of hydrogen-bond donors (Lipinski definition) is 1. The molecule has 146 valence electrons. The maximum atomic E-state index is 12.4. The first-order valence-corrected chi connectivity index (χ1v) is 10.5. The normalized spacial score (nSPS) is 12.0. The van der Waals surface area contributed by atoms with Gasteiger partial charge in [0.05, 0.1) is 17.5 Å². The van der Waals surface area contributed by atoms with Gasteiger partial charge in [-0.15, -0.1) is 10.2 Å². The Morgan fingerprint density at radius 1 is 1.18 bits per heavy atom. The lowest BCUT2D eigenvalue weighted by Crippen LogP contribution is -2.28. The topological polar surface area (TPSA) is 59.8 Å². The molecule has 0 radical (unpaired) electrons. The van der Waals surface area contributed by atoms with E-state index in [1.54, 1.807) is 29.1 Å². The number of thioether (sulfide) groups is 1. The number of aryl methyl sites for hydroxylation is 1. The molecule has 1 heterocycles. The van der Waals surface area contributed by atoms with E-state index in [1.165, 1.54) is 11.8 Å². The molecule has 1 amide bonds. The number of nitrogens with zero attached hydrogens (tertiary/aromatic N) is 3. The lowest BCUT2D eigenvalue weighted by molar-refractivity contribution is -0.119. The maximum Gasteiger partial charge on any atom is 0.230 e. The van der Waals surface area contributed by atoms with E-state index in [0.717, 1.165) is 16.8 Å². The lowest BCUT2D eigenvalue weighted by atomic mass is 10.1. The van der Waals surface area contributed by atoms with Crippen LogP contribution in [-0.4, -0.2) is 26.4 Å². The molecular formula is C19H17Cl3N4OS. The summed E-state index contributed by atoms with van der Waals surface area (Å²) in [5, 5.41) is 13.3. The van der Waals surface area contributed by atoms with Gasteiger partial charge < -0.3 is 5.32 Å². The predicted molar refractivity (Wildman–Crippen MR) is 115 cm³/mol. The average Bonchev–Trinajstić information content (AvgIpc) is 3.10. The van der Waals surface area contributed by atoms with E-state index in [1.807, 2.05) is 32.0 Å². The van der Waals surface area contributed by atoms with Gasteiger partial charge in [0.15, 0.2) is 5.16 Å². The number of hydrogen-bond acceptors (Lipinski definition) is 4. The first-order chi connectivity index (χ1) is 13.3. The standard InChI is InChI=1S/C19H17Cl3N4OS/c1-11-3-5-14(8-16(11)21)26-10-23-25-19(26)28-9-18(27)24-12(2)15-6-4-13(20)7-17(15)22/h3-8,10,12H,9H2,1-2H3,(H,24,27)/t12-/m1/s1. The molecule has 0 saturated heterocycles. The van der Waals surface area contributed by atoms with Crippen LogP contribution in [0.15, 0.2) is 47.9 Å². The Morgan fingerprint density at radius 3 is 2.68 bits per heavy atom. The molecule has 9 heteroatoms. The fraction of sp³-hybridized carbons (Fsp3) is 0.211. The summed E-state index contributed by atoms with van der Waals surface area (Å²) in [5.74, 6) is 0.0494. The van der Waals surface area contributed by atoms with Crippen LogP contribution in [0.25, 0.3) is 5.69 Å². The molecule has 1 atom stereocenters. The van der Waals surface area contributed by atoms with Crippen molar-refractivity contribution in [3.8, 4) is 5.69 Å². The van der Waals surface area contributed by atoms with Crippen molar-refractivity contribution >= 4 is 52.5 Å². The summed E-state index contributed by atoms with van der Waals surface area (Å²) in [6, 6.07) is 10.7. The minimum atomic E-state index is -0.244. The highest BCUT2D eigenvalue weighted by molar-refractivity contribution is 7.99. The van der Waals surface area contributed by atoms with E-state index in [2.05, 4.69) is 15.5 Å². The second kappa shape index (κ2) is 9.18. The van der Waals surface area contributed by atoms with Crippen molar-refractivity contribution in [2.75, 3.05) is 5.75 Å². The van der Waals surface area contributed by atoms with Gasteiger partial charge in [-0.3, -0.25) is 9.36 Å². The quantitative estimate of drug-likeness (QED) is 0.498. The summed E-state index contributed by atoms with van der Waals surface area (Å²) < 4.78 is 1.79. The van der Waals surface area contributed by atoms with E-state index in [4.69, 9.17) is 34.8 Å². The van der Waals surface area contributed by atoms with Gasteiger partial charge in [0.1, 0.15) is 6.33 Å². The van der Waals surface area contributed by atoms with Gasteiger partial charge >= 0.3 is 0 Å². The minimum Gasteiger partial charge on any atom is -0.349 e. The zero-order valence-electron chi connectivity index (χ0n) is 15.1. The maximum absolute atomic E-state index is 12.4. The van der Waals surface area contributed by atoms with Crippen molar-refractivity contribution in [1.29, 1.82) is 0 Å². The molecular weight excluding hydrogens is 439 g/mol. The number of aromatic nitrogens is 3. The van der Waals surface area contributed by atoms with Crippen molar-refractivity contribution in [3.63, 3.8) is 0 Å². The van der Waals surface area contributed by atoms with Crippen LogP contribution in [0, 0.1) is 6.92 Å². The number of amides is 1. The van der Waals surface area contributed by atoms with Crippen molar-refractivity contribution in [1.82, 2.24) is 20.1 Å². The molecule has 5 nitrogen and oxygen atoms in total. The van der Waals surface area contributed by atoms with Gasteiger partial charge in [0.2, 0.25) is 5.91 Å². The van der Waals surface area contributed by atoms with E-state index in [9.17, 15) is 4.79 Å². The van der Waals surface area contributed by atoms with Crippen molar-refractivity contribution in [2.24, 2.45) is 0 Å². The molecule has 28 heavy (non-hydrogen) atoms. The van der Waals surface area contributed by atoms with Gasteiger partial charge in [-0.25, -0.2) is 0 Å². The van der Waals surface area contributed by atoms with Gasteiger partial charge in [0, 0.05) is 15.1 Å². The Hall–Kier alpha value is -1.73. The first-order valence-electron chi connectivity index (χ1n) is 8.39. The Bertz CT molecular complexity index is 1010. The molecule has 1 aromatic heterocycles. The number of carbonyl (C=O) groups excluding carboxylic acids is 1. The highest BCUT2D eigenvalue weighted by atomic mass is 35.5. The number of benzene rings is 2. The Kier molecular flexibility index (Phi) is 6.88. The molecule has 0 aliphatic carbocycles. The number of halogens is 3. The van der Waals surface area contributed by atoms with Gasteiger partial charge in [-0.1, -0.05) is 58.7 Å².